The van der Waals surface area contributed by atoms with E-state index in [1.807, 2.05) is 0 Å². The lowest BCUT2D eigenvalue weighted by Gasteiger charge is -2.62. The van der Waals surface area contributed by atoms with E-state index < -0.39 is 0 Å². The van der Waals surface area contributed by atoms with Gasteiger partial charge in [0.15, 0.2) is 0 Å². The molecule has 3 aliphatic carbocycles. The Balaban J connectivity index is 1.76. The molecule has 4 rings (SSSR count). The van der Waals surface area contributed by atoms with Gasteiger partial charge in [-0.15, -0.1) is 0 Å². The van der Waals surface area contributed by atoms with Crippen molar-refractivity contribution in [2.24, 2.45) is 28.1 Å². The van der Waals surface area contributed by atoms with Gasteiger partial charge in [-0.3, -0.25) is 0 Å². The molecule has 0 spiro atoms. The van der Waals surface area contributed by atoms with Crippen molar-refractivity contribution < 1.29 is 14.9 Å². The van der Waals surface area contributed by atoms with Crippen LogP contribution in [0.15, 0.2) is 11.6 Å². The van der Waals surface area contributed by atoms with E-state index in [0.717, 1.165) is 38.7 Å². The Labute approximate surface area is 140 Å². The zero-order valence-corrected chi connectivity index (χ0v) is 15.0. The van der Waals surface area contributed by atoms with Gasteiger partial charge in [-0.1, -0.05) is 39.3 Å². The number of hydrogen-bond acceptors (Lipinski definition) is 3. The van der Waals surface area contributed by atoms with Crippen molar-refractivity contribution >= 4 is 0 Å². The molecular formula is C20H32O3. The van der Waals surface area contributed by atoms with Crippen molar-refractivity contribution in [2.75, 3.05) is 6.61 Å². The summed E-state index contributed by atoms with van der Waals surface area (Å²) in [7, 11) is 0. The lowest BCUT2D eigenvalue weighted by molar-refractivity contribution is -0.165. The highest BCUT2D eigenvalue weighted by atomic mass is 16.6. The molecule has 4 aliphatic rings. The third-order valence-electron chi connectivity index (χ3n) is 7.88. The van der Waals surface area contributed by atoms with Gasteiger partial charge in [-0.25, -0.2) is 0 Å². The Bertz CT molecular complexity index is 535. The summed E-state index contributed by atoms with van der Waals surface area (Å²) < 4.78 is 5.56. The smallest absolute Gasteiger partial charge is 0.0898 e. The van der Waals surface area contributed by atoms with Gasteiger partial charge in [0.25, 0.3) is 0 Å². The Kier molecular flexibility index (Phi) is 3.38. The number of epoxide rings is 1. The average molecular weight is 320 g/mol. The van der Waals surface area contributed by atoms with Gasteiger partial charge in [0.2, 0.25) is 0 Å². The maximum absolute atomic E-state index is 11.1. The van der Waals surface area contributed by atoms with Gasteiger partial charge in [-0.2, -0.15) is 0 Å². The monoisotopic (exact) mass is 320 g/mol. The van der Waals surface area contributed by atoms with Crippen LogP contribution < -0.4 is 0 Å². The summed E-state index contributed by atoms with van der Waals surface area (Å²) in [4.78, 5) is 0. The molecule has 2 saturated carbocycles. The third kappa shape index (κ3) is 2.19. The Morgan fingerprint density at radius 1 is 1.13 bits per heavy atom. The minimum Gasteiger partial charge on any atom is -0.393 e. The standard InChI is InChI=1S/C20H32O3/c1-18(2)8-7-15(22)20(4)14(18)6-5-12-9-19(3,16-11-23-16)10-13(21)17(12)20/h9,13-17,21-22H,5-8,10-11H2,1-4H3/t13-,14+,15-,16+,17-,19+,20-/m1/s1. The molecule has 0 unspecified atom stereocenters. The molecular weight excluding hydrogens is 288 g/mol. The first-order valence-electron chi connectivity index (χ1n) is 9.38. The van der Waals surface area contributed by atoms with Crippen LogP contribution in [-0.4, -0.2) is 35.1 Å². The van der Waals surface area contributed by atoms with Gasteiger partial charge in [-0.05, 0) is 43.4 Å². The molecule has 3 fully saturated rings. The van der Waals surface area contributed by atoms with E-state index in [1.165, 1.54) is 5.57 Å². The fourth-order valence-electron chi connectivity index (χ4n) is 6.59. The summed E-state index contributed by atoms with van der Waals surface area (Å²) in [6, 6.07) is 0. The van der Waals surface area contributed by atoms with E-state index >= 15 is 0 Å². The van der Waals surface area contributed by atoms with E-state index in [-0.39, 0.29) is 40.5 Å². The van der Waals surface area contributed by atoms with Crippen molar-refractivity contribution in [3.05, 3.63) is 11.6 Å². The fourth-order valence-corrected chi connectivity index (χ4v) is 6.59. The summed E-state index contributed by atoms with van der Waals surface area (Å²) in [5.74, 6) is 0.597. The first-order chi connectivity index (χ1) is 10.7. The van der Waals surface area contributed by atoms with Gasteiger partial charge in [0, 0.05) is 16.7 Å². The van der Waals surface area contributed by atoms with Crippen LogP contribution in [0.1, 0.15) is 59.8 Å². The zero-order chi connectivity index (χ0) is 16.6. The van der Waals surface area contributed by atoms with Crippen molar-refractivity contribution in [3.63, 3.8) is 0 Å². The van der Waals surface area contributed by atoms with E-state index in [2.05, 4.69) is 33.8 Å². The molecule has 130 valence electrons. The molecule has 1 aliphatic heterocycles. The van der Waals surface area contributed by atoms with Crippen LogP contribution in [0.25, 0.3) is 0 Å². The van der Waals surface area contributed by atoms with Crippen LogP contribution in [0, 0.1) is 28.1 Å². The fraction of sp³-hybridized carbons (Fsp3) is 0.900. The molecule has 3 heteroatoms. The van der Waals surface area contributed by atoms with Crippen LogP contribution in [0.4, 0.5) is 0 Å². The predicted octanol–water partition coefficient (Wildman–Crippen LogP) is 3.30. The first-order valence-corrected chi connectivity index (χ1v) is 9.38. The molecule has 0 aromatic carbocycles. The van der Waals surface area contributed by atoms with Gasteiger partial charge >= 0.3 is 0 Å². The van der Waals surface area contributed by atoms with Crippen LogP contribution in [-0.2, 0) is 4.74 Å². The second kappa shape index (κ2) is 4.83. The second-order valence-corrected chi connectivity index (χ2v) is 9.80. The number of aliphatic hydroxyl groups is 2. The summed E-state index contributed by atoms with van der Waals surface area (Å²) >= 11 is 0. The van der Waals surface area contributed by atoms with Crippen LogP contribution in [0.5, 0.6) is 0 Å². The number of aliphatic hydroxyl groups excluding tert-OH is 2. The van der Waals surface area contributed by atoms with E-state index in [0.29, 0.717) is 5.92 Å². The van der Waals surface area contributed by atoms with Crippen LogP contribution in [0.3, 0.4) is 0 Å². The molecule has 0 amide bonds. The van der Waals surface area contributed by atoms with Gasteiger partial charge < -0.3 is 14.9 Å². The van der Waals surface area contributed by atoms with Crippen molar-refractivity contribution in [2.45, 2.75) is 78.1 Å². The van der Waals surface area contributed by atoms with E-state index in [1.54, 1.807) is 0 Å². The number of ether oxygens (including phenoxy) is 1. The molecule has 1 saturated heterocycles. The molecule has 2 N–H and O–H groups in total. The molecule has 23 heavy (non-hydrogen) atoms. The minimum atomic E-state index is -0.361. The van der Waals surface area contributed by atoms with E-state index in [9.17, 15) is 10.2 Å². The highest BCUT2D eigenvalue weighted by molar-refractivity contribution is 5.28. The summed E-state index contributed by atoms with van der Waals surface area (Å²) in [5.41, 5.74) is 1.41. The molecule has 7 atom stereocenters. The Morgan fingerprint density at radius 2 is 1.83 bits per heavy atom. The van der Waals surface area contributed by atoms with Gasteiger partial charge in [0.05, 0.1) is 24.9 Å². The Morgan fingerprint density at radius 3 is 2.48 bits per heavy atom. The molecule has 0 radical (unpaired) electrons. The number of hydrogen-bond donors (Lipinski definition) is 2. The summed E-state index contributed by atoms with van der Waals surface area (Å²) in [6.07, 6.45) is 6.95. The quantitative estimate of drug-likeness (QED) is 0.576. The maximum atomic E-state index is 11.1. The highest BCUT2D eigenvalue weighted by Gasteiger charge is 2.61. The Hall–Kier alpha value is -0.380. The topological polar surface area (TPSA) is 53.0 Å². The average Bonchev–Trinajstić information content (AvgIpc) is 3.27. The molecule has 0 bridgehead atoms. The predicted molar refractivity (Wildman–Crippen MR) is 89.9 cm³/mol. The number of rotatable bonds is 1. The van der Waals surface area contributed by atoms with Crippen molar-refractivity contribution in [1.29, 1.82) is 0 Å². The van der Waals surface area contributed by atoms with Crippen molar-refractivity contribution in [3.8, 4) is 0 Å². The lowest BCUT2D eigenvalue weighted by atomic mass is 9.44. The van der Waals surface area contributed by atoms with Crippen LogP contribution >= 0.6 is 0 Å². The van der Waals surface area contributed by atoms with E-state index in [4.69, 9.17) is 4.74 Å². The summed E-state index contributed by atoms with van der Waals surface area (Å²) in [6.45, 7) is 10.0. The maximum Gasteiger partial charge on any atom is 0.0898 e. The zero-order valence-electron chi connectivity index (χ0n) is 15.0. The molecule has 0 aromatic heterocycles. The van der Waals surface area contributed by atoms with Crippen molar-refractivity contribution in [1.82, 2.24) is 0 Å². The van der Waals surface area contributed by atoms with Crippen LogP contribution in [0.2, 0.25) is 0 Å². The lowest BCUT2D eigenvalue weighted by Crippen LogP contribution is -2.60. The summed E-state index contributed by atoms with van der Waals surface area (Å²) in [5, 5.41) is 22.0. The largest absolute Gasteiger partial charge is 0.393 e. The normalized spacial score (nSPS) is 54.7. The third-order valence-corrected chi connectivity index (χ3v) is 7.88. The minimum absolute atomic E-state index is 0.0242. The highest BCUT2D eigenvalue weighted by Crippen LogP contribution is 2.64. The molecule has 3 nitrogen and oxygen atoms in total. The first kappa shape index (κ1) is 16.1. The number of fused-ring (bicyclic) bond motifs is 3. The molecule has 0 aromatic rings. The van der Waals surface area contributed by atoms with Gasteiger partial charge in [0.1, 0.15) is 0 Å². The second-order valence-electron chi connectivity index (χ2n) is 9.80. The molecule has 1 heterocycles. The SMILES string of the molecule is CC1(C)CC[C@@H](O)[C@]2(C)[C@@H]3C(=C[C@](C)([C@@H]4CO4)C[C@H]3O)CC[C@@H]12.